The van der Waals surface area contributed by atoms with Crippen LogP contribution < -0.4 is 10.1 Å². The number of likely N-dealkylation sites (N-methyl/N-ethyl adjacent to an activating group) is 1. The molecule has 0 saturated carbocycles. The van der Waals surface area contributed by atoms with Crippen LogP contribution in [0.4, 0.5) is 0 Å². The number of hydrogen-bond acceptors (Lipinski definition) is 2. The van der Waals surface area contributed by atoms with Crippen molar-refractivity contribution in [1.82, 2.24) is 5.32 Å². The Hall–Kier alpha value is -1.02. The van der Waals surface area contributed by atoms with Crippen molar-refractivity contribution in [2.24, 2.45) is 0 Å². The fraction of sp³-hybridized carbons (Fsp3) is 0.500. The quantitative estimate of drug-likeness (QED) is 0.774. The minimum absolute atomic E-state index is 0.157. The molecule has 1 aromatic carbocycles. The highest BCUT2D eigenvalue weighted by Gasteiger charge is 2.24. The third kappa shape index (κ3) is 1.50. The zero-order valence-electron chi connectivity index (χ0n) is 9.00. The Morgan fingerprint density at radius 3 is 2.86 bits per heavy atom. The van der Waals surface area contributed by atoms with Crippen LogP contribution in [-0.2, 0) is 6.42 Å². The SMILES string of the molecule is CNC1Cc2cccc(C(C)C)c2O1. The van der Waals surface area contributed by atoms with Crippen molar-refractivity contribution in [2.45, 2.75) is 32.4 Å². The number of fused-ring (bicyclic) bond motifs is 1. The molecule has 2 rings (SSSR count). The second kappa shape index (κ2) is 3.62. The lowest BCUT2D eigenvalue weighted by atomic mass is 9.99. The minimum Gasteiger partial charge on any atom is -0.474 e. The van der Waals surface area contributed by atoms with Gasteiger partial charge in [0.2, 0.25) is 0 Å². The Morgan fingerprint density at radius 1 is 1.43 bits per heavy atom. The first-order valence-electron chi connectivity index (χ1n) is 5.18. The number of rotatable bonds is 2. The smallest absolute Gasteiger partial charge is 0.154 e. The summed E-state index contributed by atoms with van der Waals surface area (Å²) < 4.78 is 5.84. The van der Waals surface area contributed by atoms with Gasteiger partial charge in [-0.2, -0.15) is 0 Å². The summed E-state index contributed by atoms with van der Waals surface area (Å²) in [6.45, 7) is 4.40. The zero-order valence-corrected chi connectivity index (χ0v) is 9.00. The molecule has 14 heavy (non-hydrogen) atoms. The highest BCUT2D eigenvalue weighted by Crippen LogP contribution is 2.35. The van der Waals surface area contributed by atoms with Gasteiger partial charge in [0.15, 0.2) is 6.23 Å². The van der Waals surface area contributed by atoms with Crippen LogP contribution in [0, 0.1) is 0 Å². The number of benzene rings is 1. The summed E-state index contributed by atoms with van der Waals surface area (Å²) in [7, 11) is 1.94. The third-order valence-corrected chi connectivity index (χ3v) is 2.74. The van der Waals surface area contributed by atoms with E-state index in [0.29, 0.717) is 5.92 Å². The molecule has 0 amide bonds. The average Bonchev–Trinajstić information content (AvgIpc) is 2.59. The van der Waals surface area contributed by atoms with Gasteiger partial charge in [-0.05, 0) is 24.1 Å². The van der Waals surface area contributed by atoms with Crippen LogP contribution >= 0.6 is 0 Å². The molecule has 1 aliphatic rings. The number of hydrogen-bond donors (Lipinski definition) is 1. The van der Waals surface area contributed by atoms with E-state index in [4.69, 9.17) is 4.74 Å². The van der Waals surface area contributed by atoms with Crippen LogP contribution in [0.15, 0.2) is 18.2 Å². The normalized spacial score (nSPS) is 19.6. The second-order valence-electron chi connectivity index (χ2n) is 4.09. The van der Waals surface area contributed by atoms with Crippen molar-refractivity contribution < 1.29 is 4.74 Å². The third-order valence-electron chi connectivity index (χ3n) is 2.74. The van der Waals surface area contributed by atoms with E-state index in [1.807, 2.05) is 7.05 Å². The molecular weight excluding hydrogens is 174 g/mol. The topological polar surface area (TPSA) is 21.3 Å². The summed E-state index contributed by atoms with van der Waals surface area (Å²) >= 11 is 0. The maximum atomic E-state index is 5.84. The summed E-state index contributed by atoms with van der Waals surface area (Å²) in [5, 5.41) is 3.15. The first-order valence-corrected chi connectivity index (χ1v) is 5.18. The Labute approximate surface area is 85.3 Å². The maximum Gasteiger partial charge on any atom is 0.154 e. The molecule has 1 aromatic rings. The van der Waals surface area contributed by atoms with Crippen molar-refractivity contribution in [3.63, 3.8) is 0 Å². The van der Waals surface area contributed by atoms with Crippen LogP contribution in [0.3, 0.4) is 0 Å². The monoisotopic (exact) mass is 191 g/mol. The van der Waals surface area contributed by atoms with E-state index in [-0.39, 0.29) is 6.23 Å². The molecule has 0 spiro atoms. The molecule has 1 heterocycles. The molecule has 1 N–H and O–H groups in total. The van der Waals surface area contributed by atoms with E-state index in [9.17, 15) is 0 Å². The summed E-state index contributed by atoms with van der Waals surface area (Å²) in [5.74, 6) is 1.63. The van der Waals surface area contributed by atoms with E-state index in [0.717, 1.165) is 12.2 Å². The minimum atomic E-state index is 0.157. The van der Waals surface area contributed by atoms with Gasteiger partial charge in [-0.3, -0.25) is 5.32 Å². The zero-order chi connectivity index (χ0) is 10.1. The van der Waals surface area contributed by atoms with Gasteiger partial charge in [0.25, 0.3) is 0 Å². The molecule has 76 valence electrons. The summed E-state index contributed by atoms with van der Waals surface area (Å²) in [6.07, 6.45) is 1.14. The average molecular weight is 191 g/mol. The Balaban J connectivity index is 2.36. The van der Waals surface area contributed by atoms with Crippen LogP contribution in [0.1, 0.15) is 30.9 Å². The van der Waals surface area contributed by atoms with Gasteiger partial charge < -0.3 is 4.74 Å². The van der Waals surface area contributed by atoms with E-state index in [1.54, 1.807) is 0 Å². The van der Waals surface area contributed by atoms with Gasteiger partial charge in [0.05, 0.1) is 0 Å². The molecule has 0 aromatic heterocycles. The first kappa shape index (κ1) is 9.53. The lowest BCUT2D eigenvalue weighted by Crippen LogP contribution is -2.29. The highest BCUT2D eigenvalue weighted by molar-refractivity contribution is 5.46. The van der Waals surface area contributed by atoms with Crippen molar-refractivity contribution in [3.8, 4) is 5.75 Å². The maximum absolute atomic E-state index is 5.84. The predicted molar refractivity (Wildman–Crippen MR) is 57.7 cm³/mol. The summed E-state index contributed by atoms with van der Waals surface area (Å²) in [6, 6.07) is 6.43. The van der Waals surface area contributed by atoms with E-state index >= 15 is 0 Å². The fourth-order valence-electron chi connectivity index (χ4n) is 1.91. The van der Waals surface area contributed by atoms with Gasteiger partial charge in [-0.25, -0.2) is 0 Å². The van der Waals surface area contributed by atoms with Crippen molar-refractivity contribution >= 4 is 0 Å². The van der Waals surface area contributed by atoms with Gasteiger partial charge in [0.1, 0.15) is 5.75 Å². The van der Waals surface area contributed by atoms with Crippen molar-refractivity contribution in [2.75, 3.05) is 7.05 Å². The Bertz CT molecular complexity index is 333. The van der Waals surface area contributed by atoms with Crippen LogP contribution in [0.5, 0.6) is 5.75 Å². The van der Waals surface area contributed by atoms with Gasteiger partial charge >= 0.3 is 0 Å². The molecule has 2 nitrogen and oxygen atoms in total. The standard InChI is InChI=1S/C12H17NO/c1-8(2)10-6-4-5-9-7-11(13-3)14-12(9)10/h4-6,8,11,13H,7H2,1-3H3. The number of nitrogens with one attached hydrogen (secondary N) is 1. The molecule has 1 atom stereocenters. The fourth-order valence-corrected chi connectivity index (χ4v) is 1.91. The molecule has 1 unspecified atom stereocenters. The molecule has 2 heteroatoms. The Morgan fingerprint density at radius 2 is 2.21 bits per heavy atom. The van der Waals surface area contributed by atoms with E-state index in [2.05, 4.69) is 37.4 Å². The molecule has 0 radical (unpaired) electrons. The lowest BCUT2D eigenvalue weighted by Gasteiger charge is -2.13. The first-order chi connectivity index (χ1) is 6.72. The van der Waals surface area contributed by atoms with Gasteiger partial charge in [0, 0.05) is 6.42 Å². The highest BCUT2D eigenvalue weighted by atomic mass is 16.5. The van der Waals surface area contributed by atoms with Gasteiger partial charge in [-0.1, -0.05) is 32.0 Å². The molecule has 1 aliphatic heterocycles. The molecule has 0 fully saturated rings. The van der Waals surface area contributed by atoms with Gasteiger partial charge in [-0.15, -0.1) is 0 Å². The Kier molecular flexibility index (Phi) is 2.46. The van der Waals surface area contributed by atoms with Crippen LogP contribution in [0.2, 0.25) is 0 Å². The van der Waals surface area contributed by atoms with E-state index < -0.39 is 0 Å². The molecule has 0 aliphatic carbocycles. The number of ether oxygens (including phenoxy) is 1. The van der Waals surface area contributed by atoms with E-state index in [1.165, 1.54) is 11.1 Å². The molecule has 0 bridgehead atoms. The second-order valence-corrected chi connectivity index (χ2v) is 4.09. The molecule has 0 saturated heterocycles. The predicted octanol–water partition coefficient (Wildman–Crippen LogP) is 2.29. The molecular formula is C12H17NO. The van der Waals surface area contributed by atoms with Crippen LogP contribution in [-0.4, -0.2) is 13.3 Å². The summed E-state index contributed by atoms with van der Waals surface area (Å²) in [4.78, 5) is 0. The van der Waals surface area contributed by atoms with Crippen molar-refractivity contribution in [3.05, 3.63) is 29.3 Å². The van der Waals surface area contributed by atoms with Crippen LogP contribution in [0.25, 0.3) is 0 Å². The largest absolute Gasteiger partial charge is 0.474 e. The van der Waals surface area contributed by atoms with Crippen molar-refractivity contribution in [1.29, 1.82) is 0 Å². The summed E-state index contributed by atoms with van der Waals surface area (Å²) in [5.41, 5.74) is 2.65. The number of para-hydroxylation sites is 1. The lowest BCUT2D eigenvalue weighted by molar-refractivity contribution is 0.201.